The summed E-state index contributed by atoms with van der Waals surface area (Å²) in [5.74, 6) is 0. The third-order valence-corrected chi connectivity index (χ3v) is 4.13. The Morgan fingerprint density at radius 3 is 2.42 bits per heavy atom. The maximum absolute atomic E-state index is 3.53. The largest absolute Gasteiger partial charge is 0.313 e. The molecule has 0 saturated heterocycles. The van der Waals surface area contributed by atoms with Gasteiger partial charge in [-0.05, 0) is 61.7 Å². The Morgan fingerprint density at radius 2 is 1.79 bits per heavy atom. The Kier molecular flexibility index (Phi) is 4.78. The van der Waals surface area contributed by atoms with Crippen LogP contribution >= 0.6 is 15.9 Å². The topological polar surface area (TPSA) is 12.0 Å². The molecule has 0 spiro atoms. The zero-order valence-corrected chi connectivity index (χ0v) is 13.3. The number of benzene rings is 2. The first-order chi connectivity index (χ1) is 9.11. The minimum absolute atomic E-state index is 0.356. The fourth-order valence-electron chi connectivity index (χ4n) is 2.46. The lowest BCUT2D eigenvalue weighted by molar-refractivity contribution is 0.587. The van der Waals surface area contributed by atoms with Crippen molar-refractivity contribution < 1.29 is 0 Å². The van der Waals surface area contributed by atoms with Crippen LogP contribution in [0.3, 0.4) is 0 Å². The second-order valence-electron chi connectivity index (χ2n) is 4.97. The summed E-state index contributed by atoms with van der Waals surface area (Å²) >= 11 is 3.53. The van der Waals surface area contributed by atoms with Gasteiger partial charge in [0.15, 0.2) is 0 Å². The molecule has 100 valence electrons. The molecule has 0 aliphatic rings. The summed E-state index contributed by atoms with van der Waals surface area (Å²) in [5.41, 5.74) is 5.46. The Balaban J connectivity index is 2.28. The molecular formula is C17H20BrN. The predicted molar refractivity (Wildman–Crippen MR) is 85.6 cm³/mol. The molecule has 0 saturated carbocycles. The molecule has 1 nitrogen and oxygen atoms in total. The van der Waals surface area contributed by atoms with E-state index in [4.69, 9.17) is 0 Å². The van der Waals surface area contributed by atoms with Crippen LogP contribution in [0, 0.1) is 13.8 Å². The molecule has 0 aromatic heterocycles. The van der Waals surface area contributed by atoms with Crippen LogP contribution in [0.25, 0.3) is 0 Å². The Labute approximate surface area is 124 Å². The third-order valence-electron chi connectivity index (χ3n) is 3.64. The Morgan fingerprint density at radius 1 is 1.05 bits per heavy atom. The van der Waals surface area contributed by atoms with Gasteiger partial charge in [-0.3, -0.25) is 0 Å². The van der Waals surface area contributed by atoms with E-state index < -0.39 is 0 Å². The van der Waals surface area contributed by atoms with Crippen LogP contribution in [0.15, 0.2) is 46.9 Å². The molecule has 19 heavy (non-hydrogen) atoms. The SMILES string of the molecule is CNC(Cc1ccccc1C)c1ccc(Br)cc1C. The first-order valence-corrected chi connectivity index (χ1v) is 7.39. The smallest absolute Gasteiger partial charge is 0.0361 e. The van der Waals surface area contributed by atoms with Gasteiger partial charge in [0.2, 0.25) is 0 Å². The van der Waals surface area contributed by atoms with Crippen LogP contribution in [-0.4, -0.2) is 7.05 Å². The highest BCUT2D eigenvalue weighted by Gasteiger charge is 2.13. The lowest BCUT2D eigenvalue weighted by Gasteiger charge is -2.20. The van der Waals surface area contributed by atoms with Crippen LogP contribution in [0.1, 0.15) is 28.3 Å². The highest BCUT2D eigenvalue weighted by molar-refractivity contribution is 9.10. The molecule has 0 heterocycles. The maximum atomic E-state index is 3.53. The van der Waals surface area contributed by atoms with Crippen molar-refractivity contribution in [1.29, 1.82) is 0 Å². The molecule has 0 bridgehead atoms. The van der Waals surface area contributed by atoms with Gasteiger partial charge in [0, 0.05) is 10.5 Å². The average molecular weight is 318 g/mol. The number of rotatable bonds is 4. The summed E-state index contributed by atoms with van der Waals surface area (Å²) in [6.07, 6.45) is 1.02. The van der Waals surface area contributed by atoms with Crippen LogP contribution in [-0.2, 0) is 6.42 Å². The minimum Gasteiger partial charge on any atom is -0.313 e. The van der Waals surface area contributed by atoms with Crippen molar-refractivity contribution in [2.24, 2.45) is 0 Å². The maximum Gasteiger partial charge on any atom is 0.0361 e. The van der Waals surface area contributed by atoms with Crippen LogP contribution in [0.2, 0.25) is 0 Å². The van der Waals surface area contributed by atoms with E-state index in [1.807, 2.05) is 7.05 Å². The summed E-state index contributed by atoms with van der Waals surface area (Å²) in [6, 6.07) is 15.5. The molecule has 2 heteroatoms. The highest BCUT2D eigenvalue weighted by Crippen LogP contribution is 2.25. The Bertz CT molecular complexity index is 563. The second kappa shape index (κ2) is 6.36. The molecule has 0 aliphatic heterocycles. The van der Waals surface area contributed by atoms with Gasteiger partial charge in [0.1, 0.15) is 0 Å². The van der Waals surface area contributed by atoms with Gasteiger partial charge in [0.25, 0.3) is 0 Å². The number of nitrogens with one attached hydrogen (secondary N) is 1. The summed E-state index contributed by atoms with van der Waals surface area (Å²) in [7, 11) is 2.03. The summed E-state index contributed by atoms with van der Waals surface area (Å²) in [5, 5.41) is 3.44. The first kappa shape index (κ1) is 14.3. The molecule has 0 amide bonds. The van der Waals surface area contributed by atoms with E-state index in [0.717, 1.165) is 10.9 Å². The standard InChI is InChI=1S/C17H20BrN/c1-12-6-4-5-7-14(12)11-17(19-3)16-9-8-15(18)10-13(16)2/h4-10,17,19H,11H2,1-3H3. The average Bonchev–Trinajstić information content (AvgIpc) is 2.39. The number of likely N-dealkylation sites (N-methyl/N-ethyl adjacent to an activating group) is 1. The van der Waals surface area contributed by atoms with Crippen molar-refractivity contribution in [3.05, 3.63) is 69.2 Å². The highest BCUT2D eigenvalue weighted by atomic mass is 79.9. The predicted octanol–water partition coefficient (Wildman–Crippen LogP) is 4.57. The van der Waals surface area contributed by atoms with E-state index in [2.05, 4.69) is 77.6 Å². The number of hydrogen-bond acceptors (Lipinski definition) is 1. The Hall–Kier alpha value is -1.12. The van der Waals surface area contributed by atoms with Crippen molar-refractivity contribution in [3.63, 3.8) is 0 Å². The van der Waals surface area contributed by atoms with E-state index in [1.54, 1.807) is 0 Å². The molecule has 0 aliphatic carbocycles. The minimum atomic E-state index is 0.356. The molecule has 0 radical (unpaired) electrons. The molecule has 2 aromatic rings. The normalized spacial score (nSPS) is 12.4. The molecule has 0 fully saturated rings. The van der Waals surface area contributed by atoms with E-state index in [0.29, 0.717) is 6.04 Å². The van der Waals surface area contributed by atoms with Crippen LogP contribution < -0.4 is 5.32 Å². The monoisotopic (exact) mass is 317 g/mol. The van der Waals surface area contributed by atoms with Crippen molar-refractivity contribution >= 4 is 15.9 Å². The van der Waals surface area contributed by atoms with Gasteiger partial charge in [-0.25, -0.2) is 0 Å². The van der Waals surface area contributed by atoms with E-state index in [-0.39, 0.29) is 0 Å². The third kappa shape index (κ3) is 3.46. The van der Waals surface area contributed by atoms with E-state index >= 15 is 0 Å². The molecule has 2 rings (SSSR count). The quantitative estimate of drug-likeness (QED) is 0.871. The van der Waals surface area contributed by atoms with Gasteiger partial charge < -0.3 is 5.32 Å². The van der Waals surface area contributed by atoms with Crippen LogP contribution in [0.4, 0.5) is 0 Å². The lowest BCUT2D eigenvalue weighted by atomic mass is 9.94. The number of halogens is 1. The summed E-state index contributed by atoms with van der Waals surface area (Å²) < 4.78 is 1.14. The molecule has 1 atom stereocenters. The van der Waals surface area contributed by atoms with Gasteiger partial charge in [-0.1, -0.05) is 46.3 Å². The molecule has 1 N–H and O–H groups in total. The van der Waals surface area contributed by atoms with Gasteiger partial charge in [0.05, 0.1) is 0 Å². The lowest BCUT2D eigenvalue weighted by Crippen LogP contribution is -2.20. The van der Waals surface area contributed by atoms with Crippen molar-refractivity contribution in [1.82, 2.24) is 5.32 Å². The molecule has 2 aromatic carbocycles. The van der Waals surface area contributed by atoms with Gasteiger partial charge in [-0.2, -0.15) is 0 Å². The molecular weight excluding hydrogens is 298 g/mol. The second-order valence-corrected chi connectivity index (χ2v) is 5.89. The van der Waals surface area contributed by atoms with Crippen molar-refractivity contribution in [3.8, 4) is 0 Å². The van der Waals surface area contributed by atoms with Crippen LogP contribution in [0.5, 0.6) is 0 Å². The number of hydrogen-bond donors (Lipinski definition) is 1. The number of aryl methyl sites for hydroxylation is 2. The molecule has 1 unspecified atom stereocenters. The van der Waals surface area contributed by atoms with E-state index in [1.165, 1.54) is 22.3 Å². The van der Waals surface area contributed by atoms with Crippen molar-refractivity contribution in [2.75, 3.05) is 7.05 Å². The van der Waals surface area contributed by atoms with Crippen molar-refractivity contribution in [2.45, 2.75) is 26.3 Å². The van der Waals surface area contributed by atoms with Gasteiger partial charge in [-0.15, -0.1) is 0 Å². The fourth-order valence-corrected chi connectivity index (χ4v) is 2.93. The van der Waals surface area contributed by atoms with Gasteiger partial charge >= 0.3 is 0 Å². The summed E-state index contributed by atoms with van der Waals surface area (Å²) in [6.45, 7) is 4.35. The fraction of sp³-hybridized carbons (Fsp3) is 0.294. The summed E-state index contributed by atoms with van der Waals surface area (Å²) in [4.78, 5) is 0. The van der Waals surface area contributed by atoms with E-state index in [9.17, 15) is 0 Å². The zero-order valence-electron chi connectivity index (χ0n) is 11.7. The first-order valence-electron chi connectivity index (χ1n) is 6.59. The zero-order chi connectivity index (χ0) is 13.8.